The smallest absolute Gasteiger partial charge is 0.147 e. The molecule has 1 aliphatic carbocycles. The highest BCUT2D eigenvalue weighted by Crippen LogP contribution is 2.39. The lowest BCUT2D eigenvalue weighted by molar-refractivity contribution is 0.342. The number of hydrogen-bond acceptors (Lipinski definition) is 3. The van der Waals surface area contributed by atoms with Crippen LogP contribution in [0.1, 0.15) is 31.4 Å². The summed E-state index contributed by atoms with van der Waals surface area (Å²) >= 11 is 0. The van der Waals surface area contributed by atoms with Gasteiger partial charge in [0.2, 0.25) is 0 Å². The largest absolute Gasteiger partial charge is 0.492 e. The molecular formula is C13H17N3O. The number of anilines is 1. The van der Waals surface area contributed by atoms with E-state index in [4.69, 9.17) is 4.74 Å². The first-order chi connectivity index (χ1) is 8.31. The minimum Gasteiger partial charge on any atom is -0.492 e. The minimum absolute atomic E-state index is 0.668. The highest BCUT2D eigenvalue weighted by Gasteiger charge is 2.26. The number of rotatable bonds is 4. The van der Waals surface area contributed by atoms with E-state index in [1.807, 2.05) is 26.2 Å². The summed E-state index contributed by atoms with van der Waals surface area (Å²) in [6.45, 7) is 2.66. The van der Waals surface area contributed by atoms with Crippen molar-refractivity contribution in [2.24, 2.45) is 0 Å². The molecule has 0 amide bonds. The Hall–Kier alpha value is -1.71. The van der Waals surface area contributed by atoms with Crippen molar-refractivity contribution in [1.29, 1.82) is 0 Å². The van der Waals surface area contributed by atoms with Crippen LogP contribution >= 0.6 is 0 Å². The van der Waals surface area contributed by atoms with E-state index in [9.17, 15) is 0 Å². The average molecular weight is 231 g/mol. The molecule has 4 heteroatoms. The Balaban J connectivity index is 2.08. The van der Waals surface area contributed by atoms with Gasteiger partial charge >= 0.3 is 0 Å². The normalized spacial score (nSPS) is 15.2. The van der Waals surface area contributed by atoms with E-state index in [0.717, 1.165) is 17.1 Å². The lowest BCUT2D eigenvalue weighted by Crippen LogP contribution is -1.99. The molecule has 0 bridgehead atoms. The quantitative estimate of drug-likeness (QED) is 0.879. The zero-order valence-electron chi connectivity index (χ0n) is 10.2. The van der Waals surface area contributed by atoms with Crippen LogP contribution in [0.15, 0.2) is 18.5 Å². The van der Waals surface area contributed by atoms with E-state index in [-0.39, 0.29) is 0 Å². The van der Waals surface area contributed by atoms with Gasteiger partial charge in [0.05, 0.1) is 18.0 Å². The number of hydrogen-bond donors (Lipinski definition) is 1. The van der Waals surface area contributed by atoms with Crippen molar-refractivity contribution in [2.45, 2.75) is 25.7 Å². The number of aromatic nitrogens is 2. The number of fused-ring (bicyclic) bond motifs is 1. The van der Waals surface area contributed by atoms with Gasteiger partial charge in [-0.2, -0.15) is 0 Å². The van der Waals surface area contributed by atoms with Gasteiger partial charge < -0.3 is 14.5 Å². The molecule has 0 aromatic carbocycles. The van der Waals surface area contributed by atoms with Crippen molar-refractivity contribution in [2.75, 3.05) is 19.0 Å². The van der Waals surface area contributed by atoms with Gasteiger partial charge in [-0.25, -0.2) is 4.98 Å². The molecule has 0 spiro atoms. The highest BCUT2D eigenvalue weighted by molar-refractivity contribution is 5.61. The summed E-state index contributed by atoms with van der Waals surface area (Å²) in [6, 6.07) is 2.00. The van der Waals surface area contributed by atoms with Crippen molar-refractivity contribution in [3.8, 4) is 5.75 Å². The topological polar surface area (TPSA) is 38.6 Å². The molecule has 3 rings (SSSR count). The van der Waals surface area contributed by atoms with Crippen LogP contribution in [-0.2, 0) is 0 Å². The molecule has 1 fully saturated rings. The van der Waals surface area contributed by atoms with Gasteiger partial charge in [0.1, 0.15) is 11.4 Å². The summed E-state index contributed by atoms with van der Waals surface area (Å²) < 4.78 is 7.68. The molecule has 1 N–H and O–H groups in total. The van der Waals surface area contributed by atoms with Gasteiger partial charge in [-0.1, -0.05) is 0 Å². The fourth-order valence-electron chi connectivity index (χ4n) is 2.07. The van der Waals surface area contributed by atoms with E-state index in [1.54, 1.807) is 0 Å². The van der Waals surface area contributed by atoms with Gasteiger partial charge in [-0.15, -0.1) is 0 Å². The number of pyridine rings is 1. The molecule has 1 aliphatic rings. The van der Waals surface area contributed by atoms with Crippen LogP contribution in [0.2, 0.25) is 0 Å². The number of nitrogens with one attached hydrogen (secondary N) is 1. The maximum Gasteiger partial charge on any atom is 0.147 e. The third kappa shape index (κ3) is 1.84. The van der Waals surface area contributed by atoms with E-state index >= 15 is 0 Å². The second-order valence-corrected chi connectivity index (χ2v) is 4.44. The molecule has 2 heterocycles. The first-order valence-electron chi connectivity index (χ1n) is 6.15. The lowest BCUT2D eigenvalue weighted by Gasteiger charge is -2.09. The average Bonchev–Trinajstić information content (AvgIpc) is 3.10. The molecular weight excluding hydrogens is 214 g/mol. The van der Waals surface area contributed by atoms with Gasteiger partial charge in [0.25, 0.3) is 0 Å². The third-order valence-corrected chi connectivity index (χ3v) is 3.14. The molecule has 0 unspecified atom stereocenters. The second-order valence-electron chi connectivity index (χ2n) is 4.44. The Bertz CT molecular complexity index is 543. The number of ether oxygens (including phenoxy) is 1. The molecule has 4 nitrogen and oxygen atoms in total. The first kappa shape index (κ1) is 10.4. The molecule has 0 aliphatic heterocycles. The second kappa shape index (κ2) is 3.95. The van der Waals surface area contributed by atoms with E-state index in [1.165, 1.54) is 18.5 Å². The minimum atomic E-state index is 0.668. The Morgan fingerprint density at radius 3 is 2.94 bits per heavy atom. The van der Waals surface area contributed by atoms with Crippen molar-refractivity contribution in [3.63, 3.8) is 0 Å². The van der Waals surface area contributed by atoms with Gasteiger partial charge in [-0.05, 0) is 19.8 Å². The third-order valence-electron chi connectivity index (χ3n) is 3.14. The summed E-state index contributed by atoms with van der Waals surface area (Å²) in [6.07, 6.45) is 6.73. The van der Waals surface area contributed by atoms with Crippen LogP contribution in [0.25, 0.3) is 5.65 Å². The molecule has 17 heavy (non-hydrogen) atoms. The Morgan fingerprint density at radius 2 is 2.29 bits per heavy atom. The molecule has 1 saturated carbocycles. The molecule has 0 atom stereocenters. The summed E-state index contributed by atoms with van der Waals surface area (Å²) in [5, 5.41) is 3.15. The maximum absolute atomic E-state index is 5.61. The van der Waals surface area contributed by atoms with Crippen LogP contribution in [0, 0.1) is 0 Å². The number of imidazole rings is 1. The summed E-state index contributed by atoms with van der Waals surface area (Å²) in [5.41, 5.74) is 3.18. The SMILES string of the molecule is CCOc1cc2nc(C3CC3)cn2cc1NC. The van der Waals surface area contributed by atoms with E-state index in [2.05, 4.69) is 20.9 Å². The predicted molar refractivity (Wildman–Crippen MR) is 67.9 cm³/mol. The predicted octanol–water partition coefficient (Wildman–Crippen LogP) is 2.65. The zero-order valence-corrected chi connectivity index (χ0v) is 10.2. The molecule has 2 aromatic rings. The van der Waals surface area contributed by atoms with E-state index < -0.39 is 0 Å². The highest BCUT2D eigenvalue weighted by atomic mass is 16.5. The monoisotopic (exact) mass is 231 g/mol. The van der Waals surface area contributed by atoms with Crippen molar-refractivity contribution >= 4 is 11.3 Å². The van der Waals surface area contributed by atoms with Gasteiger partial charge in [0, 0.05) is 31.4 Å². The summed E-state index contributed by atoms with van der Waals surface area (Å²) in [4.78, 5) is 4.65. The van der Waals surface area contributed by atoms with Crippen molar-refractivity contribution in [3.05, 3.63) is 24.2 Å². The van der Waals surface area contributed by atoms with Crippen molar-refractivity contribution in [1.82, 2.24) is 9.38 Å². The van der Waals surface area contributed by atoms with Crippen LogP contribution in [0.4, 0.5) is 5.69 Å². The van der Waals surface area contributed by atoms with E-state index in [0.29, 0.717) is 12.5 Å². The molecule has 2 aromatic heterocycles. The van der Waals surface area contributed by atoms with Gasteiger partial charge in [-0.3, -0.25) is 0 Å². The first-order valence-corrected chi connectivity index (χ1v) is 6.15. The fraction of sp³-hybridized carbons (Fsp3) is 0.462. The molecule has 0 radical (unpaired) electrons. The van der Waals surface area contributed by atoms with Crippen LogP contribution in [0.5, 0.6) is 5.75 Å². The zero-order chi connectivity index (χ0) is 11.8. The lowest BCUT2D eigenvalue weighted by atomic mass is 10.3. The summed E-state index contributed by atoms with van der Waals surface area (Å²) in [5.74, 6) is 1.55. The fourth-order valence-corrected chi connectivity index (χ4v) is 2.07. The van der Waals surface area contributed by atoms with Crippen LogP contribution in [0.3, 0.4) is 0 Å². The Kier molecular flexibility index (Phi) is 2.42. The molecule has 90 valence electrons. The van der Waals surface area contributed by atoms with Crippen LogP contribution in [-0.4, -0.2) is 23.0 Å². The number of nitrogens with zero attached hydrogens (tertiary/aromatic N) is 2. The maximum atomic E-state index is 5.61. The Morgan fingerprint density at radius 1 is 1.47 bits per heavy atom. The standard InChI is InChI=1S/C13H17N3O/c1-3-17-12-6-13-15-10(9-4-5-9)7-16(13)8-11(12)14-2/h6-9,14H,3-5H2,1-2H3. The van der Waals surface area contributed by atoms with Crippen molar-refractivity contribution < 1.29 is 4.74 Å². The van der Waals surface area contributed by atoms with Gasteiger partial charge in [0.15, 0.2) is 0 Å². The molecule has 0 saturated heterocycles. The van der Waals surface area contributed by atoms with Crippen LogP contribution < -0.4 is 10.1 Å². The summed E-state index contributed by atoms with van der Waals surface area (Å²) in [7, 11) is 1.91. The Labute approximate surface area is 101 Å².